The van der Waals surface area contributed by atoms with E-state index in [1.165, 1.54) is 22.5 Å². The highest BCUT2D eigenvalue weighted by Crippen LogP contribution is 2.34. The summed E-state index contributed by atoms with van der Waals surface area (Å²) < 4.78 is 1.02. The normalized spacial score (nSPS) is 15.8. The van der Waals surface area contributed by atoms with Gasteiger partial charge in [-0.1, -0.05) is 24.3 Å². The first-order chi connectivity index (χ1) is 15.3. The molecule has 0 bridgehead atoms. The Kier molecular flexibility index (Phi) is 4.24. The zero-order valence-corrected chi connectivity index (χ0v) is 17.3. The Balaban J connectivity index is 1.30. The number of hydrogen-bond acceptors (Lipinski definition) is 6. The molecule has 1 aliphatic carbocycles. The lowest BCUT2D eigenvalue weighted by molar-refractivity contribution is 0.0932. The maximum absolute atomic E-state index is 12.9. The van der Waals surface area contributed by atoms with Gasteiger partial charge in [-0.15, -0.1) is 11.3 Å². The Bertz CT molecular complexity index is 1410. The van der Waals surface area contributed by atoms with E-state index in [0.717, 1.165) is 51.8 Å². The first-order valence-electron chi connectivity index (χ1n) is 10.2. The van der Waals surface area contributed by atoms with Gasteiger partial charge < -0.3 is 5.32 Å². The number of aromatic amines is 1. The van der Waals surface area contributed by atoms with E-state index >= 15 is 0 Å². The van der Waals surface area contributed by atoms with Crippen molar-refractivity contribution in [3.63, 3.8) is 0 Å². The van der Waals surface area contributed by atoms with Crippen LogP contribution in [-0.4, -0.2) is 31.1 Å². The number of nitrogens with one attached hydrogen (secondary N) is 2. The summed E-state index contributed by atoms with van der Waals surface area (Å²) in [6.07, 6.45) is 6.23. The predicted molar refractivity (Wildman–Crippen MR) is 120 cm³/mol. The number of thiazole rings is 1. The molecule has 0 aliphatic heterocycles. The molecule has 6 rings (SSSR count). The van der Waals surface area contributed by atoms with Crippen molar-refractivity contribution >= 4 is 38.5 Å². The molecular formula is C23H18N6OS. The van der Waals surface area contributed by atoms with Gasteiger partial charge in [0.1, 0.15) is 6.33 Å². The Hall–Kier alpha value is -3.65. The van der Waals surface area contributed by atoms with Crippen molar-refractivity contribution in [2.45, 2.75) is 25.3 Å². The summed E-state index contributed by atoms with van der Waals surface area (Å²) in [5, 5.41) is 11.6. The van der Waals surface area contributed by atoms with Crippen LogP contribution >= 0.6 is 11.3 Å². The summed E-state index contributed by atoms with van der Waals surface area (Å²) in [6, 6.07) is 14.2. The third-order valence-electron chi connectivity index (χ3n) is 5.77. The van der Waals surface area contributed by atoms with E-state index in [9.17, 15) is 4.79 Å². The van der Waals surface area contributed by atoms with Crippen LogP contribution in [0.4, 0.5) is 0 Å². The number of nitrogens with zero attached hydrogens (tertiary/aromatic N) is 4. The number of carbonyl (C=O) groups excluding carboxylic acids is 1. The third-order valence-corrected chi connectivity index (χ3v) is 6.81. The Morgan fingerprint density at radius 3 is 3.03 bits per heavy atom. The zero-order chi connectivity index (χ0) is 20.8. The molecule has 2 N–H and O–H groups in total. The van der Waals surface area contributed by atoms with Crippen molar-refractivity contribution in [1.29, 1.82) is 0 Å². The van der Waals surface area contributed by atoms with Gasteiger partial charge in [-0.3, -0.25) is 9.89 Å². The Morgan fingerprint density at radius 1 is 1.16 bits per heavy atom. The number of hydrogen-bond donors (Lipinski definition) is 2. The molecule has 7 nitrogen and oxygen atoms in total. The summed E-state index contributed by atoms with van der Waals surface area (Å²) >= 11 is 1.43. The molecule has 8 heteroatoms. The second kappa shape index (κ2) is 7.24. The van der Waals surface area contributed by atoms with Gasteiger partial charge in [0.25, 0.3) is 5.91 Å². The van der Waals surface area contributed by atoms with Crippen LogP contribution in [0.5, 0.6) is 0 Å². The van der Waals surface area contributed by atoms with E-state index in [0.29, 0.717) is 5.01 Å². The molecule has 0 spiro atoms. The number of amides is 1. The molecule has 2 aromatic carbocycles. The molecule has 0 saturated carbocycles. The highest BCUT2D eigenvalue weighted by atomic mass is 32.1. The van der Waals surface area contributed by atoms with Gasteiger partial charge >= 0.3 is 0 Å². The minimum absolute atomic E-state index is 0.0170. The Morgan fingerprint density at radius 2 is 2.10 bits per heavy atom. The largest absolute Gasteiger partial charge is 0.343 e. The molecule has 31 heavy (non-hydrogen) atoms. The minimum Gasteiger partial charge on any atom is -0.343 e. The number of H-pyrrole nitrogens is 1. The molecule has 1 amide bonds. The minimum atomic E-state index is -0.112. The van der Waals surface area contributed by atoms with Gasteiger partial charge in [-0.25, -0.2) is 15.0 Å². The van der Waals surface area contributed by atoms with Gasteiger partial charge in [0.15, 0.2) is 10.7 Å². The van der Waals surface area contributed by atoms with E-state index in [2.05, 4.69) is 48.7 Å². The van der Waals surface area contributed by atoms with E-state index in [4.69, 9.17) is 0 Å². The lowest BCUT2D eigenvalue weighted by atomic mass is 9.86. The number of rotatable bonds is 3. The van der Waals surface area contributed by atoms with Crippen LogP contribution in [0.3, 0.4) is 0 Å². The molecule has 1 unspecified atom stereocenters. The lowest BCUT2D eigenvalue weighted by Crippen LogP contribution is -2.30. The number of aromatic nitrogens is 5. The molecule has 0 fully saturated rings. The number of carbonyl (C=O) groups is 1. The average Bonchev–Trinajstić information content (AvgIpc) is 3.46. The van der Waals surface area contributed by atoms with Crippen LogP contribution in [0.25, 0.3) is 32.5 Å². The predicted octanol–water partition coefficient (Wildman–Crippen LogP) is 4.44. The highest BCUT2D eigenvalue weighted by Gasteiger charge is 2.24. The summed E-state index contributed by atoms with van der Waals surface area (Å²) in [4.78, 5) is 26.1. The molecule has 3 heterocycles. The fraction of sp³-hybridized carbons (Fsp3) is 0.174. The number of aryl methyl sites for hydroxylation is 1. The SMILES string of the molecule is O=C(NC1CCCc2cc(-c3ncnc4[nH]ncc34)ccc21)c1nc2ccccc2s1. The van der Waals surface area contributed by atoms with Gasteiger partial charge in [0, 0.05) is 5.56 Å². The van der Waals surface area contributed by atoms with Crippen LogP contribution in [0, 0.1) is 0 Å². The van der Waals surface area contributed by atoms with Gasteiger partial charge in [-0.2, -0.15) is 5.10 Å². The lowest BCUT2D eigenvalue weighted by Gasteiger charge is -2.26. The summed E-state index contributed by atoms with van der Waals surface area (Å²) in [5.41, 5.74) is 5.90. The second-order valence-corrected chi connectivity index (χ2v) is 8.70. The molecule has 1 aliphatic rings. The van der Waals surface area contributed by atoms with E-state index < -0.39 is 0 Å². The maximum Gasteiger partial charge on any atom is 0.280 e. The van der Waals surface area contributed by atoms with Gasteiger partial charge in [-0.05, 0) is 48.6 Å². The quantitative estimate of drug-likeness (QED) is 0.445. The van der Waals surface area contributed by atoms with Crippen molar-refractivity contribution in [3.05, 3.63) is 71.1 Å². The van der Waals surface area contributed by atoms with Crippen LogP contribution in [0.1, 0.15) is 39.8 Å². The van der Waals surface area contributed by atoms with Crippen molar-refractivity contribution < 1.29 is 4.79 Å². The molecule has 152 valence electrons. The Labute approximate surface area is 181 Å². The maximum atomic E-state index is 12.9. The molecule has 5 aromatic rings. The number of para-hydroxylation sites is 1. The summed E-state index contributed by atoms with van der Waals surface area (Å²) in [5.74, 6) is -0.112. The second-order valence-electron chi connectivity index (χ2n) is 7.67. The van der Waals surface area contributed by atoms with Crippen LogP contribution in [-0.2, 0) is 6.42 Å². The van der Waals surface area contributed by atoms with Gasteiger partial charge in [0.2, 0.25) is 0 Å². The van der Waals surface area contributed by atoms with Crippen molar-refractivity contribution in [2.24, 2.45) is 0 Å². The smallest absolute Gasteiger partial charge is 0.280 e. The zero-order valence-electron chi connectivity index (χ0n) is 16.5. The molecule has 1 atom stereocenters. The first-order valence-corrected chi connectivity index (χ1v) is 11.0. The average molecular weight is 427 g/mol. The number of fused-ring (bicyclic) bond motifs is 3. The van der Waals surface area contributed by atoms with Gasteiger partial charge in [0.05, 0.1) is 33.5 Å². The molecule has 0 saturated heterocycles. The van der Waals surface area contributed by atoms with Crippen molar-refractivity contribution in [1.82, 2.24) is 30.5 Å². The number of benzene rings is 2. The fourth-order valence-corrected chi connectivity index (χ4v) is 5.16. The third kappa shape index (κ3) is 3.16. The highest BCUT2D eigenvalue weighted by molar-refractivity contribution is 7.20. The van der Waals surface area contributed by atoms with E-state index in [1.54, 1.807) is 12.5 Å². The standard InChI is InChI=1S/C23H18N6OS/c30-22(23-28-18-5-1-2-7-19(18)31-23)27-17-6-3-4-13-10-14(8-9-15(13)17)20-16-11-26-29-21(16)25-12-24-20/h1-2,5,7-12,17H,3-4,6H2,(H,27,30)(H,24,25,26,29). The monoisotopic (exact) mass is 426 g/mol. The van der Waals surface area contributed by atoms with E-state index in [-0.39, 0.29) is 11.9 Å². The van der Waals surface area contributed by atoms with Crippen LogP contribution < -0.4 is 5.32 Å². The topological polar surface area (TPSA) is 96.5 Å². The molecule has 0 radical (unpaired) electrons. The summed E-state index contributed by atoms with van der Waals surface area (Å²) in [7, 11) is 0. The summed E-state index contributed by atoms with van der Waals surface area (Å²) in [6.45, 7) is 0. The molecule has 3 aromatic heterocycles. The van der Waals surface area contributed by atoms with Crippen LogP contribution in [0.15, 0.2) is 55.0 Å². The van der Waals surface area contributed by atoms with Crippen LogP contribution in [0.2, 0.25) is 0 Å². The fourth-order valence-electron chi connectivity index (χ4n) is 4.30. The van der Waals surface area contributed by atoms with Crippen molar-refractivity contribution in [3.8, 4) is 11.3 Å². The first kappa shape index (κ1) is 18.1. The van der Waals surface area contributed by atoms with Crippen molar-refractivity contribution in [2.75, 3.05) is 0 Å². The van der Waals surface area contributed by atoms with E-state index in [1.807, 2.05) is 24.3 Å². The molecular weight excluding hydrogens is 408 g/mol.